The number of hydrogen-bond acceptors (Lipinski definition) is 6. The van der Waals surface area contributed by atoms with Crippen LogP contribution in [-0.4, -0.2) is 38.6 Å². The molecule has 5 heterocycles. The summed E-state index contributed by atoms with van der Waals surface area (Å²) in [6.07, 6.45) is 7.70. The van der Waals surface area contributed by atoms with Gasteiger partial charge in [-0.1, -0.05) is 90.5 Å². The fraction of sp³-hybridized carbons (Fsp3) is 0.0208. The summed E-state index contributed by atoms with van der Waals surface area (Å²) in [4.78, 5) is 55.6. The molecular weight excluding hydrogens is 794 g/mol. The summed E-state index contributed by atoms with van der Waals surface area (Å²) in [7, 11) is 0. The summed E-state index contributed by atoms with van der Waals surface area (Å²) in [5.41, 5.74) is 12.5. The molecule has 9 rings (SSSR count). The molecule has 0 aliphatic carbocycles. The van der Waals surface area contributed by atoms with Crippen molar-refractivity contribution in [1.29, 1.82) is 0 Å². The summed E-state index contributed by atoms with van der Waals surface area (Å²) >= 11 is 0. The van der Waals surface area contributed by atoms with Crippen molar-refractivity contribution in [3.05, 3.63) is 161 Å². The molecule has 0 unspecified atom stereocenters. The van der Waals surface area contributed by atoms with Gasteiger partial charge in [-0.25, -0.2) is 19.6 Å². The number of carboxylic acids is 2. The van der Waals surface area contributed by atoms with Crippen molar-refractivity contribution in [1.82, 2.24) is 19.9 Å². The molecule has 7 aromatic rings. The molecule has 8 bridgehead atoms. The minimum absolute atomic E-state index is 0. The van der Waals surface area contributed by atoms with E-state index in [1.54, 1.807) is 60.7 Å². The second-order valence-electron chi connectivity index (χ2n) is 13.7. The molecule has 0 radical (unpaired) electrons. The Balaban J connectivity index is 0.00000484. The van der Waals surface area contributed by atoms with E-state index in [2.05, 4.69) is 0 Å². The van der Waals surface area contributed by atoms with Crippen LogP contribution in [0.15, 0.2) is 121 Å². The molecule has 4 aromatic carbocycles. The minimum Gasteiger partial charge on any atom is -0.657 e. The van der Waals surface area contributed by atoms with Crippen LogP contribution < -0.4 is 14.7 Å². The average molecular weight is 824 g/mol. The number of aryl methyl sites for hydroxylation is 1. The maximum Gasteiger partial charge on any atom is 2.00 e. The van der Waals surface area contributed by atoms with Crippen molar-refractivity contribution in [2.45, 2.75) is 6.92 Å². The largest absolute Gasteiger partial charge is 2.00 e. The Morgan fingerprint density at radius 1 is 0.492 bits per heavy atom. The molecular formula is C48H30N4O6Zn. The number of aromatic carboxylic acids is 2. The number of carboxylic acid groups (broad SMARTS) is 2. The van der Waals surface area contributed by atoms with Gasteiger partial charge in [0.2, 0.25) is 0 Å². The predicted molar refractivity (Wildman–Crippen MR) is 224 cm³/mol. The number of carbonyl (C=O) groups excluding carboxylic acids is 1. The first-order valence-corrected chi connectivity index (χ1v) is 18.2. The van der Waals surface area contributed by atoms with Crippen LogP contribution >= 0.6 is 0 Å². The van der Waals surface area contributed by atoms with Crippen LogP contribution in [0.1, 0.15) is 49.1 Å². The Bertz CT molecular complexity index is 2980. The molecule has 59 heavy (non-hydrogen) atoms. The first-order valence-electron chi connectivity index (χ1n) is 18.2. The van der Waals surface area contributed by atoms with E-state index in [-0.39, 0.29) is 30.6 Å². The third-order valence-corrected chi connectivity index (χ3v) is 10.1. The van der Waals surface area contributed by atoms with E-state index in [0.717, 1.165) is 33.4 Å². The molecule has 2 aliphatic heterocycles. The number of rotatable bonds is 8. The zero-order valence-electron chi connectivity index (χ0n) is 31.5. The number of ether oxygens (including phenoxy) is 1. The number of fused-ring (bicyclic) bond motifs is 8. The molecule has 0 atom stereocenters. The molecule has 0 amide bonds. The maximum atomic E-state index is 11.8. The van der Waals surface area contributed by atoms with Gasteiger partial charge in [-0.05, 0) is 112 Å². The van der Waals surface area contributed by atoms with Gasteiger partial charge in [0.15, 0.2) is 0 Å². The Morgan fingerprint density at radius 2 is 0.797 bits per heavy atom. The molecule has 0 spiro atoms. The van der Waals surface area contributed by atoms with E-state index < -0.39 is 11.9 Å². The molecule has 0 saturated heterocycles. The van der Waals surface area contributed by atoms with E-state index in [1.165, 1.54) is 0 Å². The molecule has 0 fully saturated rings. The van der Waals surface area contributed by atoms with Crippen LogP contribution in [0.4, 0.5) is 0 Å². The van der Waals surface area contributed by atoms with Gasteiger partial charge in [-0.2, -0.15) is 0 Å². The summed E-state index contributed by atoms with van der Waals surface area (Å²) in [5.74, 6) is -1.68. The van der Waals surface area contributed by atoms with Crippen molar-refractivity contribution < 1.29 is 48.8 Å². The molecule has 10 nitrogen and oxygen atoms in total. The summed E-state index contributed by atoms with van der Waals surface area (Å²) in [5, 5.41) is 19.4. The molecule has 2 N–H and O–H groups in total. The molecule has 0 saturated carbocycles. The van der Waals surface area contributed by atoms with Gasteiger partial charge in [-0.3, -0.25) is 4.79 Å². The quantitative estimate of drug-likeness (QED) is 0.112. The zero-order valence-corrected chi connectivity index (χ0v) is 34.4. The number of nitrogens with zero attached hydrogens (tertiary/aromatic N) is 4. The topological polar surface area (TPSA) is 155 Å². The second-order valence-corrected chi connectivity index (χ2v) is 13.7. The zero-order chi connectivity index (χ0) is 39.9. The SMILES string of the molecule is Cc1ccc(-c2c3nc(c(-c4ccc(C(=O)O)cc4)c4ccc([n-]4)c(-c4ccc(OC=O)cc4)c4nc(c(-c5ccc(C(=O)O)cc5)c5ccc2[n-]5)C=C4)C=C3)cc1.[Zn+2]. The smallest absolute Gasteiger partial charge is 0.657 e. The van der Waals surface area contributed by atoms with Gasteiger partial charge in [-0.15, -0.1) is 22.1 Å². The first-order chi connectivity index (χ1) is 28.2. The van der Waals surface area contributed by atoms with Crippen LogP contribution in [0.25, 0.3) is 90.9 Å². The van der Waals surface area contributed by atoms with Crippen molar-refractivity contribution in [2.75, 3.05) is 0 Å². The summed E-state index contributed by atoms with van der Waals surface area (Å²) < 4.78 is 5.09. The van der Waals surface area contributed by atoms with Gasteiger partial charge in [0.1, 0.15) is 5.75 Å². The summed E-state index contributed by atoms with van der Waals surface area (Å²) in [6.45, 7) is 2.40. The normalized spacial score (nSPS) is 11.5. The van der Waals surface area contributed by atoms with Gasteiger partial charge < -0.3 is 24.9 Å². The predicted octanol–water partition coefficient (Wildman–Crippen LogP) is 9.82. The Kier molecular flexibility index (Phi) is 10.3. The van der Waals surface area contributed by atoms with Gasteiger partial charge in [0.25, 0.3) is 6.47 Å². The van der Waals surface area contributed by atoms with Crippen molar-refractivity contribution >= 4 is 64.8 Å². The third kappa shape index (κ3) is 7.31. The first kappa shape index (κ1) is 38.4. The number of aromatic nitrogens is 4. The van der Waals surface area contributed by atoms with E-state index in [9.17, 15) is 24.6 Å². The number of benzene rings is 4. The van der Waals surface area contributed by atoms with E-state index in [1.807, 2.05) is 91.9 Å². The average Bonchev–Trinajstić information content (AvgIpc) is 4.08. The van der Waals surface area contributed by atoms with Crippen molar-refractivity contribution in [2.24, 2.45) is 0 Å². The van der Waals surface area contributed by atoms with Crippen LogP contribution in [-0.2, 0) is 24.3 Å². The number of hydrogen-bond donors (Lipinski definition) is 2. The van der Waals surface area contributed by atoms with Crippen LogP contribution in [0.3, 0.4) is 0 Å². The molecule has 3 aromatic heterocycles. The van der Waals surface area contributed by atoms with Gasteiger partial charge in [0, 0.05) is 0 Å². The third-order valence-electron chi connectivity index (χ3n) is 10.1. The van der Waals surface area contributed by atoms with Crippen LogP contribution in [0, 0.1) is 6.92 Å². The van der Waals surface area contributed by atoms with Crippen molar-refractivity contribution in [3.63, 3.8) is 0 Å². The number of carbonyl (C=O) groups is 3. The van der Waals surface area contributed by atoms with E-state index in [4.69, 9.17) is 24.7 Å². The Morgan fingerprint density at radius 3 is 1.10 bits per heavy atom. The van der Waals surface area contributed by atoms with Crippen LogP contribution in [0.2, 0.25) is 0 Å². The van der Waals surface area contributed by atoms with Crippen molar-refractivity contribution in [3.8, 4) is 50.3 Å². The second kappa shape index (κ2) is 15.8. The van der Waals surface area contributed by atoms with E-state index in [0.29, 0.717) is 73.8 Å². The Labute approximate surface area is 350 Å². The maximum absolute atomic E-state index is 11.8. The van der Waals surface area contributed by atoms with Gasteiger partial charge in [0.05, 0.1) is 33.9 Å². The standard InChI is InChI=1S/C48H32N4O6.Zn/c1-27-2-4-28(5-3-27)43-35-18-20-37(49-35)44(29-6-10-32(11-7-29)47(54)55)39-22-24-41(51-39)46(31-14-16-34(17-15-31)58-26-53)42-25-23-40(52-42)45(38-21-19-36(43)50-38)30-8-12-33(13-9-30)48(56)57;/h2-26H,1H3,(H4,49,50,51,52,54,55,56,57);/q;+2/p-2. The Hall–Kier alpha value is -7.49. The molecule has 11 heteroatoms. The molecule has 2 aliphatic rings. The van der Waals surface area contributed by atoms with Crippen LogP contribution in [0.5, 0.6) is 5.75 Å². The fourth-order valence-corrected chi connectivity index (χ4v) is 7.31. The fourth-order valence-electron chi connectivity index (χ4n) is 7.31. The van der Waals surface area contributed by atoms with Gasteiger partial charge >= 0.3 is 31.4 Å². The minimum atomic E-state index is -1.03. The van der Waals surface area contributed by atoms with E-state index >= 15 is 0 Å². The monoisotopic (exact) mass is 822 g/mol. The molecule has 280 valence electrons. The summed E-state index contributed by atoms with van der Waals surface area (Å²) in [6, 6.07) is 36.2.